The Balaban J connectivity index is 3.45. The summed E-state index contributed by atoms with van der Waals surface area (Å²) in [5.74, 6) is -1.28. The Labute approximate surface area is 84.8 Å². The lowest BCUT2D eigenvalue weighted by molar-refractivity contribution is -0.389. The molecule has 0 amide bonds. The van der Waals surface area contributed by atoms with Crippen LogP contribution in [0.4, 0.5) is 18.9 Å². The summed E-state index contributed by atoms with van der Waals surface area (Å²) in [4.78, 5) is 9.15. The maximum atomic E-state index is 13.1. The van der Waals surface area contributed by atoms with Crippen LogP contribution in [0.2, 0.25) is 0 Å². The molecule has 0 spiro atoms. The van der Waals surface area contributed by atoms with Gasteiger partial charge in [-0.15, -0.1) is 0 Å². The fourth-order valence-corrected chi connectivity index (χ4v) is 1.24. The number of nitro benzene ring substituents is 1. The van der Waals surface area contributed by atoms with Crippen LogP contribution >= 0.6 is 15.9 Å². The number of nitro groups is 1. The Bertz CT molecular complexity index is 383. The largest absolute Gasteiger partial charge is 0.314 e. The first-order chi connectivity index (χ1) is 6.45. The molecule has 1 aromatic carbocycles. The zero-order valence-corrected chi connectivity index (χ0v) is 8.09. The van der Waals surface area contributed by atoms with Crippen molar-refractivity contribution in [2.24, 2.45) is 0 Å². The second kappa shape index (κ2) is 3.95. The molecule has 0 bridgehead atoms. The Morgan fingerprint density at radius 2 is 2.00 bits per heavy atom. The van der Waals surface area contributed by atoms with Gasteiger partial charge >= 0.3 is 5.69 Å². The third-order valence-corrected chi connectivity index (χ3v) is 2.13. The van der Waals surface area contributed by atoms with Gasteiger partial charge in [0.25, 0.3) is 6.43 Å². The lowest BCUT2D eigenvalue weighted by Crippen LogP contribution is -1.99. The van der Waals surface area contributed by atoms with Crippen LogP contribution in [-0.2, 0) is 0 Å². The van der Waals surface area contributed by atoms with Crippen LogP contribution < -0.4 is 0 Å². The van der Waals surface area contributed by atoms with E-state index < -0.39 is 28.4 Å². The van der Waals surface area contributed by atoms with Gasteiger partial charge in [-0.25, -0.2) is 8.78 Å². The van der Waals surface area contributed by atoms with E-state index in [0.717, 1.165) is 12.1 Å². The number of nitrogens with zero attached hydrogens (tertiary/aromatic N) is 1. The molecule has 0 unspecified atom stereocenters. The predicted molar refractivity (Wildman–Crippen MR) is 45.7 cm³/mol. The summed E-state index contributed by atoms with van der Waals surface area (Å²) in [6.45, 7) is 0. The van der Waals surface area contributed by atoms with Gasteiger partial charge in [-0.2, -0.15) is 4.39 Å². The normalized spacial score (nSPS) is 10.6. The molecule has 0 heterocycles. The highest BCUT2D eigenvalue weighted by Gasteiger charge is 2.27. The Kier molecular flexibility index (Phi) is 3.10. The number of rotatable bonds is 2. The SMILES string of the molecule is O=[N+]([O-])c1c(C(F)F)ccc(Br)c1F. The highest BCUT2D eigenvalue weighted by molar-refractivity contribution is 9.10. The van der Waals surface area contributed by atoms with E-state index in [2.05, 4.69) is 15.9 Å². The fourth-order valence-electron chi connectivity index (χ4n) is 0.917. The molecule has 0 aliphatic rings. The maximum Gasteiger partial charge on any atom is 0.314 e. The first-order valence-electron chi connectivity index (χ1n) is 3.35. The van der Waals surface area contributed by atoms with Gasteiger partial charge in [-0.1, -0.05) is 0 Å². The second-order valence-corrected chi connectivity index (χ2v) is 3.21. The smallest absolute Gasteiger partial charge is 0.258 e. The summed E-state index contributed by atoms with van der Waals surface area (Å²) in [7, 11) is 0. The maximum absolute atomic E-state index is 13.1. The van der Waals surface area contributed by atoms with E-state index in [4.69, 9.17) is 0 Å². The zero-order valence-electron chi connectivity index (χ0n) is 6.51. The monoisotopic (exact) mass is 269 g/mol. The van der Waals surface area contributed by atoms with Gasteiger partial charge in [0.15, 0.2) is 0 Å². The van der Waals surface area contributed by atoms with Crippen molar-refractivity contribution in [3.05, 3.63) is 38.1 Å². The molecule has 0 aliphatic heterocycles. The predicted octanol–water partition coefficient (Wildman–Crippen LogP) is 3.43. The van der Waals surface area contributed by atoms with Crippen molar-refractivity contribution in [1.82, 2.24) is 0 Å². The topological polar surface area (TPSA) is 43.1 Å². The van der Waals surface area contributed by atoms with Crippen molar-refractivity contribution in [1.29, 1.82) is 0 Å². The lowest BCUT2D eigenvalue weighted by Gasteiger charge is -2.03. The Morgan fingerprint density at radius 3 is 2.43 bits per heavy atom. The van der Waals surface area contributed by atoms with Crippen molar-refractivity contribution in [2.45, 2.75) is 6.43 Å². The molecule has 14 heavy (non-hydrogen) atoms. The van der Waals surface area contributed by atoms with E-state index in [1.54, 1.807) is 0 Å². The van der Waals surface area contributed by atoms with Gasteiger partial charge in [0.05, 0.1) is 15.0 Å². The van der Waals surface area contributed by atoms with Crippen LogP contribution in [0.15, 0.2) is 16.6 Å². The van der Waals surface area contributed by atoms with Crippen molar-refractivity contribution >= 4 is 21.6 Å². The van der Waals surface area contributed by atoms with E-state index in [1.165, 1.54) is 0 Å². The number of benzene rings is 1. The first kappa shape index (κ1) is 11.0. The summed E-state index contributed by atoms with van der Waals surface area (Å²) in [5.41, 5.74) is -2.11. The van der Waals surface area contributed by atoms with Crippen LogP contribution in [-0.4, -0.2) is 4.92 Å². The molecule has 0 saturated carbocycles. The molecule has 1 rings (SSSR count). The molecule has 0 radical (unpaired) electrons. The lowest BCUT2D eigenvalue weighted by atomic mass is 10.2. The van der Waals surface area contributed by atoms with Crippen molar-refractivity contribution in [3.8, 4) is 0 Å². The number of hydrogen-bond donors (Lipinski definition) is 0. The van der Waals surface area contributed by atoms with Crippen LogP contribution in [0.5, 0.6) is 0 Å². The van der Waals surface area contributed by atoms with Crippen molar-refractivity contribution < 1.29 is 18.1 Å². The van der Waals surface area contributed by atoms with Gasteiger partial charge in [0.1, 0.15) is 0 Å². The van der Waals surface area contributed by atoms with E-state index in [9.17, 15) is 23.3 Å². The molecule has 0 saturated heterocycles. The van der Waals surface area contributed by atoms with Crippen LogP contribution in [0.25, 0.3) is 0 Å². The minimum Gasteiger partial charge on any atom is -0.258 e. The molecule has 76 valence electrons. The molecule has 1 aromatic rings. The molecular weight excluding hydrogens is 267 g/mol. The number of alkyl halides is 2. The third-order valence-electron chi connectivity index (χ3n) is 1.52. The van der Waals surface area contributed by atoms with Gasteiger partial charge in [0.2, 0.25) is 5.82 Å². The third kappa shape index (κ3) is 1.87. The molecule has 0 atom stereocenters. The fraction of sp³-hybridized carbons (Fsp3) is 0.143. The molecular formula is C7H3BrF3NO2. The van der Waals surface area contributed by atoms with Gasteiger partial charge in [-0.3, -0.25) is 10.1 Å². The Morgan fingerprint density at radius 1 is 1.43 bits per heavy atom. The first-order valence-corrected chi connectivity index (χ1v) is 4.15. The minimum atomic E-state index is -3.07. The zero-order chi connectivity index (χ0) is 10.9. The van der Waals surface area contributed by atoms with Crippen LogP contribution in [0.3, 0.4) is 0 Å². The molecule has 0 aliphatic carbocycles. The molecule has 7 heteroatoms. The van der Waals surface area contributed by atoms with Gasteiger partial charge < -0.3 is 0 Å². The Hall–Kier alpha value is -1.11. The average Bonchev–Trinajstić information content (AvgIpc) is 2.08. The highest BCUT2D eigenvalue weighted by Crippen LogP contribution is 2.34. The highest BCUT2D eigenvalue weighted by atomic mass is 79.9. The van der Waals surface area contributed by atoms with E-state index in [-0.39, 0.29) is 4.47 Å². The summed E-state index contributed by atoms with van der Waals surface area (Å²) in [6, 6.07) is 1.82. The minimum absolute atomic E-state index is 0.214. The number of halogens is 4. The van der Waals surface area contributed by atoms with Gasteiger partial charge in [-0.05, 0) is 28.1 Å². The van der Waals surface area contributed by atoms with Gasteiger partial charge in [0, 0.05) is 0 Å². The van der Waals surface area contributed by atoms with Crippen LogP contribution in [0, 0.1) is 15.9 Å². The second-order valence-electron chi connectivity index (χ2n) is 2.36. The molecule has 0 fully saturated rings. The standard InChI is InChI=1S/C7H3BrF3NO2/c8-4-2-1-3(7(10)11)6(5(4)9)12(13)14/h1-2,7H. The molecule has 3 nitrogen and oxygen atoms in total. The van der Waals surface area contributed by atoms with E-state index in [1.807, 2.05) is 0 Å². The molecule has 0 aromatic heterocycles. The molecule has 0 N–H and O–H groups in total. The summed E-state index contributed by atoms with van der Waals surface area (Å²) < 4.78 is 37.3. The number of hydrogen-bond acceptors (Lipinski definition) is 2. The summed E-state index contributed by atoms with van der Waals surface area (Å²) in [6.07, 6.45) is -3.07. The van der Waals surface area contributed by atoms with E-state index >= 15 is 0 Å². The quantitative estimate of drug-likeness (QED) is 0.610. The van der Waals surface area contributed by atoms with Crippen LogP contribution in [0.1, 0.15) is 12.0 Å². The van der Waals surface area contributed by atoms with E-state index in [0.29, 0.717) is 0 Å². The van der Waals surface area contributed by atoms with Crippen molar-refractivity contribution in [3.63, 3.8) is 0 Å². The average molecular weight is 270 g/mol. The van der Waals surface area contributed by atoms with Crippen molar-refractivity contribution in [2.75, 3.05) is 0 Å². The summed E-state index contributed by atoms with van der Waals surface area (Å²) >= 11 is 2.67. The summed E-state index contributed by atoms with van der Waals surface area (Å²) in [5, 5.41) is 10.3.